The van der Waals surface area contributed by atoms with Crippen molar-refractivity contribution < 1.29 is 13.6 Å². The second-order valence-electron chi connectivity index (χ2n) is 2.36. The van der Waals surface area contributed by atoms with Gasteiger partial charge in [-0.3, -0.25) is 4.79 Å². The van der Waals surface area contributed by atoms with Gasteiger partial charge < -0.3 is 5.73 Å². The van der Waals surface area contributed by atoms with Gasteiger partial charge in [0.2, 0.25) is 0 Å². The lowest BCUT2D eigenvalue weighted by Gasteiger charge is -1.97. The van der Waals surface area contributed by atoms with Crippen LogP contribution in [0, 0.1) is 23.5 Å². The summed E-state index contributed by atoms with van der Waals surface area (Å²) in [5.41, 5.74) is 4.24. The highest BCUT2D eigenvalue weighted by molar-refractivity contribution is 9.10. The summed E-state index contributed by atoms with van der Waals surface area (Å²) in [5, 5.41) is 0. The first-order valence-corrected chi connectivity index (χ1v) is 4.26. The van der Waals surface area contributed by atoms with Crippen LogP contribution in [-0.2, 0) is 4.79 Å². The van der Waals surface area contributed by atoms with Crippen molar-refractivity contribution in [3.8, 4) is 11.8 Å². The third-order valence-electron chi connectivity index (χ3n) is 1.32. The van der Waals surface area contributed by atoms with Crippen LogP contribution in [0.2, 0.25) is 0 Å². The monoisotopic (exact) mass is 259 g/mol. The van der Waals surface area contributed by atoms with Crippen LogP contribution >= 0.6 is 15.9 Å². The summed E-state index contributed by atoms with van der Waals surface area (Å²) < 4.78 is 26.3. The second-order valence-corrected chi connectivity index (χ2v) is 3.27. The van der Waals surface area contributed by atoms with E-state index in [2.05, 4.69) is 15.9 Å². The zero-order valence-electron chi connectivity index (χ0n) is 6.77. The molecule has 72 valence electrons. The lowest BCUT2D eigenvalue weighted by atomic mass is 10.2. The normalized spacial score (nSPS) is 9.07. The lowest BCUT2D eigenvalue weighted by Crippen LogP contribution is -2.06. The number of carbonyl (C=O) groups excluding carboxylic acids is 1. The van der Waals surface area contributed by atoms with Gasteiger partial charge in [-0.2, -0.15) is 0 Å². The van der Waals surface area contributed by atoms with Crippen molar-refractivity contribution in [1.82, 2.24) is 0 Å². The molecule has 2 N–H and O–H groups in total. The molecule has 5 heteroatoms. The van der Waals surface area contributed by atoms with Gasteiger partial charge in [0.25, 0.3) is 5.91 Å². The first-order chi connectivity index (χ1) is 6.50. The number of carbonyl (C=O) groups is 1. The van der Waals surface area contributed by atoms with E-state index >= 15 is 0 Å². The van der Waals surface area contributed by atoms with Gasteiger partial charge in [0.15, 0.2) is 0 Å². The summed E-state index contributed by atoms with van der Waals surface area (Å²) in [7, 11) is 0. The number of nitrogens with two attached hydrogens (primary N) is 1. The smallest absolute Gasteiger partial charge is 0.293 e. The van der Waals surface area contributed by atoms with Crippen LogP contribution in [0.1, 0.15) is 5.56 Å². The molecule has 0 bridgehead atoms. The van der Waals surface area contributed by atoms with E-state index < -0.39 is 23.1 Å². The molecule has 1 amide bonds. The minimum absolute atomic E-state index is 0.261. The number of hydrogen-bond acceptors (Lipinski definition) is 1. The zero-order chi connectivity index (χ0) is 10.7. The Hall–Kier alpha value is -1.41. The van der Waals surface area contributed by atoms with Gasteiger partial charge in [0, 0.05) is 10.4 Å². The fourth-order valence-electron chi connectivity index (χ4n) is 0.786. The second kappa shape index (κ2) is 4.20. The average molecular weight is 260 g/mol. The fraction of sp³-hybridized carbons (Fsp3) is 0. The van der Waals surface area contributed by atoms with Gasteiger partial charge in [-0.25, -0.2) is 8.78 Å². The summed E-state index contributed by atoms with van der Waals surface area (Å²) in [6.45, 7) is 0. The zero-order valence-corrected chi connectivity index (χ0v) is 8.36. The largest absolute Gasteiger partial charge is 0.359 e. The Morgan fingerprint density at radius 3 is 2.29 bits per heavy atom. The van der Waals surface area contributed by atoms with Crippen LogP contribution in [0.3, 0.4) is 0 Å². The van der Waals surface area contributed by atoms with Crippen molar-refractivity contribution >= 4 is 21.8 Å². The van der Waals surface area contributed by atoms with Crippen LogP contribution in [0.15, 0.2) is 16.6 Å². The standard InChI is InChI=1S/C9H4BrF2NO/c10-5-3-7(11)6(8(12)4-5)1-2-9(13)14/h3-4H,(H2,13,14). The number of hydrogen-bond donors (Lipinski definition) is 1. The number of benzene rings is 1. The Morgan fingerprint density at radius 1 is 1.36 bits per heavy atom. The summed E-state index contributed by atoms with van der Waals surface area (Å²) in [5.74, 6) is 1.25. The predicted octanol–water partition coefficient (Wildman–Crippen LogP) is 1.56. The van der Waals surface area contributed by atoms with E-state index in [0.29, 0.717) is 0 Å². The molecule has 0 spiro atoms. The van der Waals surface area contributed by atoms with Crippen molar-refractivity contribution in [3.63, 3.8) is 0 Å². The molecule has 0 radical (unpaired) electrons. The number of amides is 1. The summed E-state index contributed by atoms with van der Waals surface area (Å²) in [4.78, 5) is 10.3. The van der Waals surface area contributed by atoms with E-state index in [-0.39, 0.29) is 4.47 Å². The third-order valence-corrected chi connectivity index (χ3v) is 1.78. The van der Waals surface area contributed by atoms with Gasteiger partial charge in [0.1, 0.15) is 11.6 Å². The van der Waals surface area contributed by atoms with Crippen molar-refractivity contribution in [2.75, 3.05) is 0 Å². The van der Waals surface area contributed by atoms with Crippen molar-refractivity contribution in [1.29, 1.82) is 0 Å². The molecule has 0 aromatic heterocycles. The molecule has 0 fully saturated rings. The molecule has 0 aliphatic heterocycles. The minimum atomic E-state index is -0.938. The molecule has 0 unspecified atom stereocenters. The Kier molecular flexibility index (Phi) is 3.20. The highest BCUT2D eigenvalue weighted by atomic mass is 79.9. The minimum Gasteiger partial charge on any atom is -0.359 e. The van der Waals surface area contributed by atoms with Gasteiger partial charge in [-0.1, -0.05) is 21.9 Å². The van der Waals surface area contributed by atoms with Crippen molar-refractivity contribution in [3.05, 3.63) is 33.8 Å². The van der Waals surface area contributed by atoms with Crippen LogP contribution in [0.25, 0.3) is 0 Å². The molecule has 0 aliphatic carbocycles. The highest BCUT2D eigenvalue weighted by Gasteiger charge is 2.07. The van der Waals surface area contributed by atoms with Gasteiger partial charge in [0.05, 0.1) is 5.56 Å². The molecule has 0 aliphatic rings. The van der Waals surface area contributed by atoms with Crippen LogP contribution in [0.5, 0.6) is 0 Å². The van der Waals surface area contributed by atoms with E-state index in [9.17, 15) is 13.6 Å². The van der Waals surface area contributed by atoms with Crippen LogP contribution in [0.4, 0.5) is 8.78 Å². The number of halogens is 3. The molecule has 1 rings (SSSR count). The highest BCUT2D eigenvalue weighted by Crippen LogP contribution is 2.18. The Labute approximate surface area is 87.2 Å². The molecular weight excluding hydrogens is 256 g/mol. The summed E-state index contributed by atoms with van der Waals surface area (Å²) in [6.07, 6.45) is 0. The number of primary amides is 1. The maximum absolute atomic E-state index is 13.0. The van der Waals surface area contributed by atoms with E-state index in [1.165, 1.54) is 0 Å². The lowest BCUT2D eigenvalue weighted by molar-refractivity contribution is -0.112. The van der Waals surface area contributed by atoms with Gasteiger partial charge in [-0.15, -0.1) is 0 Å². The molecule has 0 heterocycles. The maximum atomic E-state index is 13.0. The first kappa shape index (κ1) is 10.7. The van der Waals surface area contributed by atoms with E-state index in [4.69, 9.17) is 5.73 Å². The number of rotatable bonds is 0. The molecule has 0 saturated heterocycles. The molecule has 2 nitrogen and oxygen atoms in total. The Morgan fingerprint density at radius 2 is 1.86 bits per heavy atom. The topological polar surface area (TPSA) is 43.1 Å². The molecule has 1 aromatic carbocycles. The Bertz CT molecular complexity index is 425. The van der Waals surface area contributed by atoms with E-state index in [1.54, 1.807) is 0 Å². The van der Waals surface area contributed by atoms with E-state index in [0.717, 1.165) is 12.1 Å². The maximum Gasteiger partial charge on any atom is 0.293 e. The molecule has 14 heavy (non-hydrogen) atoms. The molecule has 1 aromatic rings. The van der Waals surface area contributed by atoms with E-state index in [1.807, 2.05) is 11.8 Å². The van der Waals surface area contributed by atoms with Crippen molar-refractivity contribution in [2.24, 2.45) is 5.73 Å². The Balaban J connectivity index is 3.24. The van der Waals surface area contributed by atoms with Gasteiger partial charge >= 0.3 is 0 Å². The van der Waals surface area contributed by atoms with Gasteiger partial charge in [-0.05, 0) is 12.1 Å². The molecule has 0 saturated carbocycles. The summed E-state index contributed by atoms with van der Waals surface area (Å²) in [6, 6.07) is 2.10. The predicted molar refractivity (Wildman–Crippen MR) is 50.1 cm³/mol. The average Bonchev–Trinajstić information content (AvgIpc) is 2.01. The van der Waals surface area contributed by atoms with Crippen LogP contribution in [-0.4, -0.2) is 5.91 Å². The summed E-state index contributed by atoms with van der Waals surface area (Å²) >= 11 is 2.91. The van der Waals surface area contributed by atoms with Crippen LogP contribution < -0.4 is 5.73 Å². The molecular formula is C9H4BrF2NO. The quantitative estimate of drug-likeness (QED) is 0.707. The molecule has 0 atom stereocenters. The first-order valence-electron chi connectivity index (χ1n) is 3.46. The SMILES string of the molecule is NC(=O)C#Cc1c(F)cc(Br)cc1F. The fourth-order valence-corrected chi connectivity index (χ4v) is 1.19. The third kappa shape index (κ3) is 2.54. The van der Waals surface area contributed by atoms with Crippen molar-refractivity contribution in [2.45, 2.75) is 0 Å².